The summed E-state index contributed by atoms with van der Waals surface area (Å²) in [6, 6.07) is 0. The van der Waals surface area contributed by atoms with Crippen LogP contribution in [0.5, 0.6) is 0 Å². The summed E-state index contributed by atoms with van der Waals surface area (Å²) in [7, 11) is 0. The van der Waals surface area contributed by atoms with Gasteiger partial charge in [-0.25, -0.2) is 0 Å². The number of carbonyl (C=O) groups excluding carboxylic acids is 3. The molecule has 0 aromatic heterocycles. The second-order valence-corrected chi connectivity index (χ2v) is 15.4. The third kappa shape index (κ3) is 46.7. The van der Waals surface area contributed by atoms with E-state index in [1.54, 1.807) is 0 Å². The molecule has 6 nitrogen and oxygen atoms in total. The maximum absolute atomic E-state index is 12.7. The molecule has 0 N–H and O–H groups in total. The first-order valence-electron chi connectivity index (χ1n) is 24.1. The number of allylic oxidation sites excluding steroid dienone is 20. The van der Waals surface area contributed by atoms with Crippen LogP contribution in [0.2, 0.25) is 0 Å². The van der Waals surface area contributed by atoms with Gasteiger partial charge in [-0.05, 0) is 70.6 Å². The van der Waals surface area contributed by atoms with E-state index in [2.05, 4.69) is 81.5 Å². The lowest BCUT2D eigenvalue weighted by atomic mass is 10.0. The first kappa shape index (κ1) is 56.8. The summed E-state index contributed by atoms with van der Waals surface area (Å²) >= 11 is 0. The Morgan fingerprint density at radius 3 is 1.26 bits per heavy atom. The maximum atomic E-state index is 12.7. The number of hydrogen-bond acceptors (Lipinski definition) is 6. The Morgan fingerprint density at radius 1 is 0.361 bits per heavy atom. The summed E-state index contributed by atoms with van der Waals surface area (Å²) in [4.78, 5) is 37.8. The third-order valence-electron chi connectivity index (χ3n) is 9.60. The molecule has 0 aliphatic heterocycles. The van der Waals surface area contributed by atoms with Crippen molar-refractivity contribution >= 4 is 17.9 Å². The minimum Gasteiger partial charge on any atom is -0.462 e. The number of ether oxygens (including phenoxy) is 3. The van der Waals surface area contributed by atoms with Gasteiger partial charge < -0.3 is 14.2 Å². The molecule has 0 aliphatic carbocycles. The Balaban J connectivity index is 4.60. The van der Waals surface area contributed by atoms with Crippen LogP contribution in [0.1, 0.15) is 188 Å². The topological polar surface area (TPSA) is 78.9 Å². The van der Waals surface area contributed by atoms with Gasteiger partial charge in [0.15, 0.2) is 6.10 Å². The van der Waals surface area contributed by atoms with Crippen LogP contribution in [0.15, 0.2) is 122 Å². The summed E-state index contributed by atoms with van der Waals surface area (Å²) in [6.45, 7) is 6.25. The minimum atomic E-state index is -0.830. The zero-order valence-corrected chi connectivity index (χ0v) is 38.9. The number of unbranched alkanes of at least 4 members (excludes halogenated alkanes) is 14. The van der Waals surface area contributed by atoms with Gasteiger partial charge in [-0.3, -0.25) is 14.4 Å². The molecule has 1 atom stereocenters. The SMILES string of the molecule is CC\C=C/C=C\C=C/C=C\C=C/CCCCCC(=O)OC(COC(=O)CC/C=C\C/C=C\C/C=C\C/C=C\C/C=C\CC)COC(=O)CCCCCCCCCCCCCC. The van der Waals surface area contributed by atoms with Gasteiger partial charge in [-0.1, -0.05) is 219 Å². The van der Waals surface area contributed by atoms with Gasteiger partial charge >= 0.3 is 17.9 Å². The Kier molecular flexibility index (Phi) is 45.1. The second kappa shape index (κ2) is 48.5. The van der Waals surface area contributed by atoms with Gasteiger partial charge in [0.05, 0.1) is 0 Å². The lowest BCUT2D eigenvalue weighted by Gasteiger charge is -2.18. The minimum absolute atomic E-state index is 0.120. The first-order chi connectivity index (χ1) is 30.0. The summed E-state index contributed by atoms with van der Waals surface area (Å²) in [6.07, 6.45) is 66.2. The fourth-order valence-electron chi connectivity index (χ4n) is 6.04. The highest BCUT2D eigenvalue weighted by molar-refractivity contribution is 5.71. The van der Waals surface area contributed by atoms with E-state index in [9.17, 15) is 14.4 Å². The van der Waals surface area contributed by atoms with E-state index in [1.165, 1.54) is 57.8 Å². The van der Waals surface area contributed by atoms with Crippen LogP contribution in [0.25, 0.3) is 0 Å². The molecule has 6 heteroatoms. The molecule has 0 saturated carbocycles. The van der Waals surface area contributed by atoms with Gasteiger partial charge in [0, 0.05) is 19.3 Å². The molecule has 0 radical (unpaired) electrons. The van der Waals surface area contributed by atoms with Crippen LogP contribution in [0.4, 0.5) is 0 Å². The zero-order chi connectivity index (χ0) is 44.4. The highest BCUT2D eigenvalue weighted by Gasteiger charge is 2.19. The molecule has 61 heavy (non-hydrogen) atoms. The van der Waals surface area contributed by atoms with Crippen molar-refractivity contribution in [3.63, 3.8) is 0 Å². The molecule has 0 aromatic rings. The Labute approximate surface area is 373 Å². The highest BCUT2D eigenvalue weighted by Crippen LogP contribution is 2.13. The Bertz CT molecular complexity index is 1340. The summed E-state index contributed by atoms with van der Waals surface area (Å²) in [5.74, 6) is -1.06. The normalized spacial score (nSPS) is 13.2. The first-order valence-corrected chi connectivity index (χ1v) is 24.1. The van der Waals surface area contributed by atoms with Gasteiger partial charge in [0.1, 0.15) is 13.2 Å². The van der Waals surface area contributed by atoms with Crippen molar-refractivity contribution in [2.24, 2.45) is 0 Å². The van der Waals surface area contributed by atoms with E-state index in [-0.39, 0.29) is 44.0 Å². The average molecular weight is 843 g/mol. The van der Waals surface area contributed by atoms with Crippen LogP contribution >= 0.6 is 0 Å². The van der Waals surface area contributed by atoms with E-state index in [0.29, 0.717) is 19.3 Å². The van der Waals surface area contributed by atoms with E-state index < -0.39 is 6.10 Å². The molecule has 0 heterocycles. The number of hydrogen-bond donors (Lipinski definition) is 0. The van der Waals surface area contributed by atoms with Crippen LogP contribution in [-0.4, -0.2) is 37.2 Å². The molecule has 0 rings (SSSR count). The van der Waals surface area contributed by atoms with Gasteiger partial charge in [-0.15, -0.1) is 0 Å². The van der Waals surface area contributed by atoms with E-state index >= 15 is 0 Å². The van der Waals surface area contributed by atoms with E-state index in [1.807, 2.05) is 60.8 Å². The largest absolute Gasteiger partial charge is 0.462 e. The number of rotatable bonds is 41. The van der Waals surface area contributed by atoms with Crippen molar-refractivity contribution in [3.05, 3.63) is 122 Å². The van der Waals surface area contributed by atoms with E-state index in [0.717, 1.165) is 77.0 Å². The Hall–Kier alpha value is -4.19. The predicted molar refractivity (Wildman–Crippen MR) is 260 cm³/mol. The highest BCUT2D eigenvalue weighted by atomic mass is 16.6. The van der Waals surface area contributed by atoms with Crippen molar-refractivity contribution < 1.29 is 28.6 Å². The summed E-state index contributed by atoms with van der Waals surface area (Å²) in [5.41, 5.74) is 0. The van der Waals surface area contributed by atoms with Crippen molar-refractivity contribution in [3.8, 4) is 0 Å². The standard InChI is InChI=1S/C55H86O6/c1-4-7-10-13-16-19-22-25-27-29-30-33-36-39-42-45-48-54(57)60-51-52(50-59-53(56)47-44-41-38-35-32-24-21-18-15-12-9-6-3)61-55(58)49-46-43-40-37-34-31-28-26-23-20-17-14-11-8-5-2/h7-8,10-11,14,16-17,19-20,23,25-28,30-31,33-34,39,42,52H,4-6,9,12-13,15,18,21-22,24,29,32,35-38,40-41,43-51H2,1-3H3/b10-7-,11-8-,17-14-,19-16-,23-20-,27-25-,28-26-,33-30-,34-31-,42-39-. The quantitative estimate of drug-likeness (QED) is 0.0201. The molecule has 342 valence electrons. The molecule has 0 aliphatic rings. The average Bonchev–Trinajstić information content (AvgIpc) is 3.26. The van der Waals surface area contributed by atoms with Crippen molar-refractivity contribution in [2.75, 3.05) is 13.2 Å². The predicted octanol–water partition coefficient (Wildman–Crippen LogP) is 15.7. The van der Waals surface area contributed by atoms with Crippen molar-refractivity contribution in [2.45, 2.75) is 194 Å². The second-order valence-electron chi connectivity index (χ2n) is 15.4. The van der Waals surface area contributed by atoms with Crippen LogP contribution in [0.3, 0.4) is 0 Å². The number of esters is 3. The molecule has 0 saturated heterocycles. The molecule has 0 spiro atoms. The Morgan fingerprint density at radius 2 is 0.754 bits per heavy atom. The molecule has 1 unspecified atom stereocenters. The molecular formula is C55H86O6. The number of carbonyl (C=O) groups is 3. The van der Waals surface area contributed by atoms with Crippen LogP contribution in [0, 0.1) is 0 Å². The molecule has 0 fully saturated rings. The lowest BCUT2D eigenvalue weighted by molar-refractivity contribution is -0.166. The van der Waals surface area contributed by atoms with Crippen molar-refractivity contribution in [1.29, 1.82) is 0 Å². The van der Waals surface area contributed by atoms with Crippen LogP contribution in [-0.2, 0) is 28.6 Å². The summed E-state index contributed by atoms with van der Waals surface area (Å²) < 4.78 is 16.6. The fourth-order valence-corrected chi connectivity index (χ4v) is 6.04. The van der Waals surface area contributed by atoms with Crippen LogP contribution < -0.4 is 0 Å². The lowest BCUT2D eigenvalue weighted by Crippen LogP contribution is -2.30. The van der Waals surface area contributed by atoms with Gasteiger partial charge in [-0.2, -0.15) is 0 Å². The molecule has 0 aromatic carbocycles. The fraction of sp³-hybridized carbons (Fsp3) is 0.582. The summed E-state index contributed by atoms with van der Waals surface area (Å²) in [5, 5.41) is 0. The smallest absolute Gasteiger partial charge is 0.306 e. The monoisotopic (exact) mass is 843 g/mol. The van der Waals surface area contributed by atoms with Crippen molar-refractivity contribution in [1.82, 2.24) is 0 Å². The maximum Gasteiger partial charge on any atom is 0.306 e. The molecular weight excluding hydrogens is 757 g/mol. The molecule has 0 amide bonds. The van der Waals surface area contributed by atoms with Gasteiger partial charge in [0.25, 0.3) is 0 Å². The van der Waals surface area contributed by atoms with E-state index in [4.69, 9.17) is 14.2 Å². The zero-order valence-electron chi connectivity index (χ0n) is 38.9. The third-order valence-corrected chi connectivity index (χ3v) is 9.60. The molecule has 0 bridgehead atoms. The van der Waals surface area contributed by atoms with Gasteiger partial charge in [0.2, 0.25) is 0 Å².